The van der Waals surface area contributed by atoms with Crippen molar-refractivity contribution in [2.24, 2.45) is 11.1 Å². The highest BCUT2D eigenvalue weighted by Gasteiger charge is 2.21. The van der Waals surface area contributed by atoms with E-state index in [4.69, 9.17) is 5.73 Å². The average molecular weight is 257 g/mol. The molecule has 4 heteroatoms. The van der Waals surface area contributed by atoms with Crippen molar-refractivity contribution in [2.45, 2.75) is 53.5 Å². The third kappa shape index (κ3) is 7.67. The predicted octanol–water partition coefficient (Wildman–Crippen LogP) is 1.60. The fourth-order valence-electron chi connectivity index (χ4n) is 1.98. The summed E-state index contributed by atoms with van der Waals surface area (Å²) in [5, 5.41) is 3.04. The highest BCUT2D eigenvalue weighted by Crippen LogP contribution is 2.14. The summed E-state index contributed by atoms with van der Waals surface area (Å²) in [6.07, 6.45) is 2.13. The van der Waals surface area contributed by atoms with Crippen LogP contribution in [-0.2, 0) is 4.79 Å². The first kappa shape index (κ1) is 17.4. The van der Waals surface area contributed by atoms with E-state index in [9.17, 15) is 4.79 Å². The van der Waals surface area contributed by atoms with E-state index in [2.05, 4.69) is 44.8 Å². The van der Waals surface area contributed by atoms with Gasteiger partial charge >= 0.3 is 0 Å². The van der Waals surface area contributed by atoms with Gasteiger partial charge in [-0.05, 0) is 31.8 Å². The second-order valence-corrected chi connectivity index (χ2v) is 5.93. The zero-order chi connectivity index (χ0) is 14.2. The van der Waals surface area contributed by atoms with Gasteiger partial charge in [-0.1, -0.05) is 34.1 Å². The van der Waals surface area contributed by atoms with E-state index in [1.54, 1.807) is 0 Å². The molecule has 0 bridgehead atoms. The Kier molecular flexibility index (Phi) is 8.20. The van der Waals surface area contributed by atoms with Crippen LogP contribution in [0.3, 0.4) is 0 Å². The van der Waals surface area contributed by atoms with Crippen molar-refractivity contribution in [3.05, 3.63) is 0 Å². The van der Waals surface area contributed by atoms with Crippen LogP contribution in [0.5, 0.6) is 0 Å². The largest absolute Gasteiger partial charge is 0.353 e. The van der Waals surface area contributed by atoms with Gasteiger partial charge < -0.3 is 11.1 Å². The molecule has 1 amide bonds. The number of hydrogen-bond donors (Lipinski definition) is 2. The summed E-state index contributed by atoms with van der Waals surface area (Å²) in [4.78, 5) is 14.0. The van der Waals surface area contributed by atoms with Crippen LogP contribution >= 0.6 is 0 Å². The Bertz CT molecular complexity index is 241. The molecule has 3 N–H and O–H groups in total. The molecule has 0 heterocycles. The van der Waals surface area contributed by atoms with Gasteiger partial charge in [-0.15, -0.1) is 0 Å². The Morgan fingerprint density at radius 3 is 2.44 bits per heavy atom. The number of nitrogens with one attached hydrogen (secondary N) is 1. The Morgan fingerprint density at radius 1 is 1.39 bits per heavy atom. The van der Waals surface area contributed by atoms with Crippen molar-refractivity contribution >= 4 is 5.91 Å². The van der Waals surface area contributed by atoms with Gasteiger partial charge in [0.25, 0.3) is 0 Å². The van der Waals surface area contributed by atoms with E-state index in [-0.39, 0.29) is 17.4 Å². The first-order chi connectivity index (χ1) is 8.34. The van der Waals surface area contributed by atoms with E-state index in [1.165, 1.54) is 0 Å². The maximum Gasteiger partial charge on any atom is 0.234 e. The molecule has 0 aliphatic heterocycles. The van der Waals surface area contributed by atoms with Crippen LogP contribution in [-0.4, -0.2) is 43.0 Å². The van der Waals surface area contributed by atoms with Crippen molar-refractivity contribution < 1.29 is 4.79 Å². The minimum atomic E-state index is 0.0608. The summed E-state index contributed by atoms with van der Waals surface area (Å²) in [6, 6.07) is 0.267. The molecule has 108 valence electrons. The Labute approximate surface area is 112 Å². The highest BCUT2D eigenvalue weighted by molar-refractivity contribution is 5.78. The van der Waals surface area contributed by atoms with Crippen molar-refractivity contribution in [1.29, 1.82) is 0 Å². The zero-order valence-electron chi connectivity index (χ0n) is 12.8. The second-order valence-electron chi connectivity index (χ2n) is 5.93. The molecule has 0 saturated carbocycles. The van der Waals surface area contributed by atoms with E-state index in [0.717, 1.165) is 25.9 Å². The topological polar surface area (TPSA) is 58.4 Å². The Balaban J connectivity index is 4.16. The van der Waals surface area contributed by atoms with Gasteiger partial charge in [0.15, 0.2) is 0 Å². The molecule has 0 aliphatic carbocycles. The van der Waals surface area contributed by atoms with Crippen molar-refractivity contribution in [3.63, 3.8) is 0 Å². The van der Waals surface area contributed by atoms with Crippen LogP contribution in [0.4, 0.5) is 0 Å². The summed E-state index contributed by atoms with van der Waals surface area (Å²) in [5.74, 6) is 0.116. The molecule has 0 rings (SSSR count). The fourth-order valence-corrected chi connectivity index (χ4v) is 1.98. The monoisotopic (exact) mass is 257 g/mol. The second kappa shape index (κ2) is 8.48. The molecule has 0 aromatic heterocycles. The lowest BCUT2D eigenvalue weighted by Crippen LogP contribution is -2.45. The number of amides is 1. The number of nitrogens with two attached hydrogens (primary N) is 1. The van der Waals surface area contributed by atoms with Crippen molar-refractivity contribution in [3.8, 4) is 0 Å². The molecular weight excluding hydrogens is 226 g/mol. The van der Waals surface area contributed by atoms with Crippen LogP contribution in [0.1, 0.15) is 47.5 Å². The van der Waals surface area contributed by atoms with Crippen LogP contribution in [0.2, 0.25) is 0 Å². The zero-order valence-corrected chi connectivity index (χ0v) is 12.8. The van der Waals surface area contributed by atoms with Crippen molar-refractivity contribution in [1.82, 2.24) is 10.2 Å². The summed E-state index contributed by atoms with van der Waals surface area (Å²) in [5.41, 5.74) is 5.79. The minimum absolute atomic E-state index is 0.0608. The lowest BCUT2D eigenvalue weighted by atomic mass is 9.93. The predicted molar refractivity (Wildman–Crippen MR) is 77.5 cm³/mol. The van der Waals surface area contributed by atoms with Gasteiger partial charge in [0.1, 0.15) is 0 Å². The van der Waals surface area contributed by atoms with Gasteiger partial charge in [-0.2, -0.15) is 0 Å². The first-order valence-corrected chi connectivity index (χ1v) is 7.06. The molecule has 0 aliphatic rings. The lowest BCUT2D eigenvalue weighted by molar-refractivity contribution is -0.123. The molecule has 0 aromatic rings. The number of hydrogen-bond acceptors (Lipinski definition) is 3. The van der Waals surface area contributed by atoms with Crippen molar-refractivity contribution in [2.75, 3.05) is 26.2 Å². The van der Waals surface area contributed by atoms with E-state index in [1.807, 2.05) is 0 Å². The van der Waals surface area contributed by atoms with Gasteiger partial charge in [0.05, 0.1) is 6.54 Å². The standard InChI is InChI=1S/C14H31N3O/c1-6-8-12(3)16-13(18)9-17(7-2)11-14(4,5)10-15/h12H,6-11,15H2,1-5H3,(H,16,18). The minimum Gasteiger partial charge on any atom is -0.353 e. The third-order valence-electron chi connectivity index (χ3n) is 3.15. The number of carbonyl (C=O) groups excluding carboxylic acids is 1. The van der Waals surface area contributed by atoms with Crippen LogP contribution in [0, 0.1) is 5.41 Å². The molecule has 0 radical (unpaired) electrons. The molecule has 0 aromatic carbocycles. The van der Waals surface area contributed by atoms with E-state index < -0.39 is 0 Å². The van der Waals surface area contributed by atoms with E-state index >= 15 is 0 Å². The van der Waals surface area contributed by atoms with Crippen LogP contribution in [0.25, 0.3) is 0 Å². The average Bonchev–Trinajstić information content (AvgIpc) is 2.27. The van der Waals surface area contributed by atoms with Gasteiger partial charge in [0.2, 0.25) is 5.91 Å². The Morgan fingerprint density at radius 2 is 2.00 bits per heavy atom. The molecule has 4 nitrogen and oxygen atoms in total. The van der Waals surface area contributed by atoms with Crippen LogP contribution < -0.4 is 11.1 Å². The number of nitrogens with zero attached hydrogens (tertiary/aromatic N) is 1. The van der Waals surface area contributed by atoms with E-state index in [0.29, 0.717) is 13.1 Å². The molecule has 0 spiro atoms. The lowest BCUT2D eigenvalue weighted by Gasteiger charge is -2.30. The maximum absolute atomic E-state index is 11.9. The molecule has 1 unspecified atom stereocenters. The molecule has 1 atom stereocenters. The number of carbonyl (C=O) groups is 1. The fraction of sp³-hybridized carbons (Fsp3) is 0.929. The highest BCUT2D eigenvalue weighted by atomic mass is 16.2. The normalized spacial score (nSPS) is 13.7. The van der Waals surface area contributed by atoms with Gasteiger partial charge in [-0.3, -0.25) is 9.69 Å². The molecule has 18 heavy (non-hydrogen) atoms. The van der Waals surface area contributed by atoms with Gasteiger partial charge in [-0.25, -0.2) is 0 Å². The maximum atomic E-state index is 11.9. The SMILES string of the molecule is CCCC(C)NC(=O)CN(CC)CC(C)(C)CN. The molecular formula is C14H31N3O. The molecule has 0 fully saturated rings. The van der Waals surface area contributed by atoms with Crippen LogP contribution in [0.15, 0.2) is 0 Å². The number of likely N-dealkylation sites (N-methyl/N-ethyl adjacent to an activating group) is 1. The Hall–Kier alpha value is -0.610. The summed E-state index contributed by atoms with van der Waals surface area (Å²) in [7, 11) is 0. The number of rotatable bonds is 9. The summed E-state index contributed by atoms with van der Waals surface area (Å²) in [6.45, 7) is 13.4. The van der Waals surface area contributed by atoms with Gasteiger partial charge in [0, 0.05) is 12.6 Å². The quantitative estimate of drug-likeness (QED) is 0.659. The summed E-state index contributed by atoms with van der Waals surface area (Å²) < 4.78 is 0. The summed E-state index contributed by atoms with van der Waals surface area (Å²) >= 11 is 0. The third-order valence-corrected chi connectivity index (χ3v) is 3.15. The smallest absolute Gasteiger partial charge is 0.234 e. The molecule has 0 saturated heterocycles. The first-order valence-electron chi connectivity index (χ1n) is 7.06.